The van der Waals surface area contributed by atoms with Crippen LogP contribution in [0.1, 0.15) is 75.7 Å². The van der Waals surface area contributed by atoms with Crippen molar-refractivity contribution in [2.24, 2.45) is 23.7 Å². The highest BCUT2D eigenvalue weighted by Gasteiger charge is 1.91. The molecule has 0 unspecified atom stereocenters. The summed E-state index contributed by atoms with van der Waals surface area (Å²) in [5.41, 5.74) is 0. The van der Waals surface area contributed by atoms with E-state index in [0.29, 0.717) is 25.0 Å². The minimum atomic E-state index is 0.627. The van der Waals surface area contributed by atoms with Crippen LogP contribution in [0.2, 0.25) is 0 Å². The zero-order chi connectivity index (χ0) is 20.0. The Balaban J connectivity index is -0.000000117. The number of methoxy groups -OCH3 is 2. The van der Waals surface area contributed by atoms with Crippen LogP contribution in [-0.2, 0) is 14.2 Å². The lowest BCUT2D eigenvalue weighted by atomic mass is 10.2. The Morgan fingerprint density at radius 2 is 0.958 bits per heavy atom. The fourth-order valence-corrected chi connectivity index (χ4v) is 0.795. The van der Waals surface area contributed by atoms with Crippen molar-refractivity contribution >= 4 is 0 Å². The van der Waals surface area contributed by atoms with Gasteiger partial charge in [0.1, 0.15) is 0 Å². The standard InChI is InChI=1S/C7H16O2.C5H12O.C5H12.C4H10/c1-7(2)6-9-5-4-8-3;1-5(2)4-6-3;1-4-5(2)3;1-4(2)3/h7H,4-6H2,1-3H3;5H,4H2,1-3H3;5H,4H2,1-3H3;4H,1-3H3. The lowest BCUT2D eigenvalue weighted by Gasteiger charge is -2.04. The average molecular weight is 351 g/mol. The van der Waals surface area contributed by atoms with Gasteiger partial charge in [-0.2, -0.15) is 0 Å². The maximum absolute atomic E-state index is 5.21. The molecule has 0 heterocycles. The summed E-state index contributed by atoms with van der Waals surface area (Å²) in [6, 6.07) is 0. The molecule has 0 aromatic carbocycles. The average Bonchev–Trinajstić information content (AvgIpc) is 2.44. The summed E-state index contributed by atoms with van der Waals surface area (Å²) in [5.74, 6) is 3.02. The molecule has 0 aromatic heterocycles. The summed E-state index contributed by atoms with van der Waals surface area (Å²) >= 11 is 0. The van der Waals surface area contributed by atoms with Crippen molar-refractivity contribution in [1.82, 2.24) is 0 Å². The van der Waals surface area contributed by atoms with E-state index in [1.807, 2.05) is 0 Å². The summed E-state index contributed by atoms with van der Waals surface area (Å²) in [4.78, 5) is 0. The van der Waals surface area contributed by atoms with Crippen LogP contribution in [0.5, 0.6) is 0 Å². The third-order valence-electron chi connectivity index (χ3n) is 2.20. The third-order valence-corrected chi connectivity index (χ3v) is 2.20. The van der Waals surface area contributed by atoms with Crippen LogP contribution in [0.15, 0.2) is 0 Å². The van der Waals surface area contributed by atoms with Crippen LogP contribution < -0.4 is 0 Å². The predicted molar refractivity (Wildman–Crippen MR) is 110 cm³/mol. The first kappa shape index (κ1) is 31.6. The van der Waals surface area contributed by atoms with Crippen LogP contribution >= 0.6 is 0 Å². The molecule has 0 amide bonds. The Bertz CT molecular complexity index is 175. The normalized spacial score (nSPS) is 10.0. The molecule has 0 atom stereocenters. The van der Waals surface area contributed by atoms with E-state index in [2.05, 4.69) is 69.2 Å². The predicted octanol–water partition coefficient (Wildman–Crippen LogP) is 6.31. The topological polar surface area (TPSA) is 27.7 Å². The van der Waals surface area contributed by atoms with Gasteiger partial charge < -0.3 is 14.2 Å². The highest BCUT2D eigenvalue weighted by Crippen LogP contribution is 1.94. The molecular formula is C21H50O3. The van der Waals surface area contributed by atoms with Crippen molar-refractivity contribution < 1.29 is 14.2 Å². The van der Waals surface area contributed by atoms with Gasteiger partial charge in [-0.05, 0) is 23.7 Å². The van der Waals surface area contributed by atoms with E-state index < -0.39 is 0 Å². The van der Waals surface area contributed by atoms with Gasteiger partial charge in [0.15, 0.2) is 0 Å². The molecule has 0 aliphatic rings. The highest BCUT2D eigenvalue weighted by molar-refractivity contribution is 4.38. The first-order chi connectivity index (χ1) is 11.0. The molecule has 0 saturated heterocycles. The molecule has 3 nitrogen and oxygen atoms in total. The van der Waals surface area contributed by atoms with Crippen molar-refractivity contribution in [1.29, 1.82) is 0 Å². The van der Waals surface area contributed by atoms with E-state index in [4.69, 9.17) is 14.2 Å². The maximum Gasteiger partial charge on any atom is 0.0700 e. The Hall–Kier alpha value is -0.120. The van der Waals surface area contributed by atoms with Gasteiger partial charge in [0.05, 0.1) is 13.2 Å². The van der Waals surface area contributed by atoms with Crippen LogP contribution in [0.4, 0.5) is 0 Å². The van der Waals surface area contributed by atoms with Crippen LogP contribution in [0.25, 0.3) is 0 Å². The summed E-state index contributed by atoms with van der Waals surface area (Å²) < 4.78 is 14.8. The van der Waals surface area contributed by atoms with Crippen LogP contribution in [0, 0.1) is 23.7 Å². The molecule has 0 rings (SSSR count). The van der Waals surface area contributed by atoms with Gasteiger partial charge in [-0.3, -0.25) is 0 Å². The second kappa shape index (κ2) is 27.7. The summed E-state index contributed by atoms with van der Waals surface area (Å²) in [7, 11) is 3.40. The molecule has 24 heavy (non-hydrogen) atoms. The Morgan fingerprint density at radius 3 is 1.12 bits per heavy atom. The van der Waals surface area contributed by atoms with Crippen LogP contribution in [-0.4, -0.2) is 40.6 Å². The lowest BCUT2D eigenvalue weighted by Crippen LogP contribution is -2.06. The van der Waals surface area contributed by atoms with Crippen molar-refractivity contribution in [3.63, 3.8) is 0 Å². The quantitative estimate of drug-likeness (QED) is 0.480. The van der Waals surface area contributed by atoms with E-state index in [1.54, 1.807) is 14.2 Å². The molecular weight excluding hydrogens is 300 g/mol. The third kappa shape index (κ3) is 80.6. The van der Waals surface area contributed by atoms with E-state index in [1.165, 1.54) is 6.42 Å². The zero-order valence-electron chi connectivity index (χ0n) is 19.1. The summed E-state index contributed by atoms with van der Waals surface area (Å²) in [5, 5.41) is 0. The van der Waals surface area contributed by atoms with Crippen LogP contribution in [0.3, 0.4) is 0 Å². The summed E-state index contributed by atoms with van der Waals surface area (Å²) in [6.45, 7) is 24.8. The zero-order valence-corrected chi connectivity index (χ0v) is 19.1. The van der Waals surface area contributed by atoms with E-state index in [0.717, 1.165) is 25.0 Å². The van der Waals surface area contributed by atoms with Crippen molar-refractivity contribution in [2.75, 3.05) is 40.6 Å². The lowest BCUT2D eigenvalue weighted by molar-refractivity contribution is 0.0572. The Labute approximate surface area is 154 Å². The van der Waals surface area contributed by atoms with Gasteiger partial charge in [0, 0.05) is 27.4 Å². The second-order valence-electron chi connectivity index (χ2n) is 7.84. The summed E-state index contributed by atoms with van der Waals surface area (Å²) in [6.07, 6.45) is 1.31. The maximum atomic E-state index is 5.21. The molecule has 0 N–H and O–H groups in total. The number of hydrogen-bond donors (Lipinski definition) is 0. The first-order valence-corrected chi connectivity index (χ1v) is 9.60. The van der Waals surface area contributed by atoms with Gasteiger partial charge in [-0.1, -0.05) is 75.7 Å². The molecule has 0 spiro atoms. The molecule has 0 bridgehead atoms. The van der Waals surface area contributed by atoms with Gasteiger partial charge >= 0.3 is 0 Å². The highest BCUT2D eigenvalue weighted by atomic mass is 16.5. The molecule has 0 radical (unpaired) electrons. The van der Waals surface area contributed by atoms with Gasteiger partial charge in [0.25, 0.3) is 0 Å². The molecule has 0 saturated carbocycles. The minimum Gasteiger partial charge on any atom is -0.384 e. The fourth-order valence-electron chi connectivity index (χ4n) is 0.795. The molecule has 0 aromatic rings. The monoisotopic (exact) mass is 350 g/mol. The van der Waals surface area contributed by atoms with E-state index >= 15 is 0 Å². The number of hydrogen-bond acceptors (Lipinski definition) is 3. The smallest absolute Gasteiger partial charge is 0.0700 e. The number of ether oxygens (including phenoxy) is 3. The van der Waals surface area contributed by atoms with Crippen molar-refractivity contribution in [2.45, 2.75) is 75.7 Å². The fraction of sp³-hybridized carbons (Fsp3) is 1.00. The molecule has 0 aliphatic carbocycles. The Kier molecular flexibility index (Phi) is 36.5. The van der Waals surface area contributed by atoms with Gasteiger partial charge in [-0.15, -0.1) is 0 Å². The largest absolute Gasteiger partial charge is 0.384 e. The molecule has 3 heteroatoms. The van der Waals surface area contributed by atoms with E-state index in [9.17, 15) is 0 Å². The van der Waals surface area contributed by atoms with Crippen molar-refractivity contribution in [3.05, 3.63) is 0 Å². The van der Waals surface area contributed by atoms with Gasteiger partial charge in [-0.25, -0.2) is 0 Å². The number of rotatable bonds is 8. The molecule has 0 aliphatic heterocycles. The Morgan fingerprint density at radius 1 is 0.583 bits per heavy atom. The molecule has 0 fully saturated rings. The minimum absolute atomic E-state index is 0.627. The SMILES string of the molecule is CC(C)C.CCC(C)C.COCC(C)C.COCCOCC(C)C. The van der Waals surface area contributed by atoms with E-state index in [-0.39, 0.29) is 0 Å². The second-order valence-corrected chi connectivity index (χ2v) is 7.84. The molecule has 152 valence electrons. The van der Waals surface area contributed by atoms with Crippen molar-refractivity contribution in [3.8, 4) is 0 Å². The van der Waals surface area contributed by atoms with Gasteiger partial charge in [0.2, 0.25) is 0 Å². The first-order valence-electron chi connectivity index (χ1n) is 9.60.